The quantitative estimate of drug-likeness (QED) is 0.632. The van der Waals surface area contributed by atoms with Gasteiger partial charge in [-0.15, -0.1) is 0 Å². The predicted octanol–water partition coefficient (Wildman–Crippen LogP) is 1.86. The van der Waals surface area contributed by atoms with E-state index in [0.717, 1.165) is 12.8 Å². The smallest absolute Gasteiger partial charge is 0.150 e. The fourth-order valence-corrected chi connectivity index (χ4v) is 4.46. The van der Waals surface area contributed by atoms with Crippen LogP contribution in [0.3, 0.4) is 0 Å². The van der Waals surface area contributed by atoms with Gasteiger partial charge in [-0.25, -0.2) is 8.42 Å². The van der Waals surface area contributed by atoms with E-state index in [0.29, 0.717) is 11.8 Å². The molecule has 12 heavy (non-hydrogen) atoms. The van der Waals surface area contributed by atoms with Crippen molar-refractivity contribution in [3.63, 3.8) is 0 Å². The van der Waals surface area contributed by atoms with E-state index in [2.05, 4.69) is 13.8 Å². The van der Waals surface area contributed by atoms with Crippen molar-refractivity contribution in [1.82, 2.24) is 0 Å². The average molecular weight is 190 g/mol. The Hall–Kier alpha value is -0.0500. The lowest BCUT2D eigenvalue weighted by atomic mass is 9.83. The molecular weight excluding hydrogens is 172 g/mol. The van der Waals surface area contributed by atoms with E-state index in [-0.39, 0.29) is 5.25 Å². The lowest BCUT2D eigenvalue weighted by molar-refractivity contribution is 0.303. The highest BCUT2D eigenvalue weighted by molar-refractivity contribution is 7.91. The van der Waals surface area contributed by atoms with Gasteiger partial charge in [-0.2, -0.15) is 0 Å². The first kappa shape index (κ1) is 10.0. The fraction of sp³-hybridized carbons (Fsp3) is 1.00. The van der Waals surface area contributed by atoms with E-state index in [9.17, 15) is 8.42 Å². The normalized spacial score (nSPS) is 38.1. The zero-order valence-corrected chi connectivity index (χ0v) is 8.89. The van der Waals surface area contributed by atoms with Crippen molar-refractivity contribution in [2.75, 3.05) is 6.26 Å². The first-order valence-electron chi connectivity index (χ1n) is 4.62. The maximum absolute atomic E-state index is 11.4. The summed E-state index contributed by atoms with van der Waals surface area (Å²) >= 11 is 0. The lowest BCUT2D eigenvalue weighted by Gasteiger charge is -2.32. The molecule has 0 amide bonds. The number of hydrogen-bond donors (Lipinski definition) is 0. The van der Waals surface area contributed by atoms with Crippen molar-refractivity contribution in [3.05, 3.63) is 0 Å². The molecule has 0 spiro atoms. The molecule has 1 rings (SSSR count). The van der Waals surface area contributed by atoms with Gasteiger partial charge in [0.1, 0.15) is 0 Å². The summed E-state index contributed by atoms with van der Waals surface area (Å²) in [6.45, 7) is 4.11. The van der Waals surface area contributed by atoms with Crippen LogP contribution in [0.4, 0.5) is 0 Å². The number of hydrogen-bond acceptors (Lipinski definition) is 2. The molecule has 0 aromatic carbocycles. The molecule has 2 nitrogen and oxygen atoms in total. The van der Waals surface area contributed by atoms with E-state index < -0.39 is 9.84 Å². The maximum atomic E-state index is 11.4. The Kier molecular flexibility index (Phi) is 2.81. The molecule has 0 aliphatic heterocycles. The zero-order valence-electron chi connectivity index (χ0n) is 8.08. The van der Waals surface area contributed by atoms with Crippen LogP contribution in [-0.2, 0) is 9.84 Å². The zero-order chi connectivity index (χ0) is 9.35. The molecule has 72 valence electrons. The van der Waals surface area contributed by atoms with Crippen LogP contribution in [0.2, 0.25) is 0 Å². The minimum atomic E-state index is -2.82. The molecule has 1 fully saturated rings. The highest BCUT2D eigenvalue weighted by Crippen LogP contribution is 2.33. The van der Waals surface area contributed by atoms with Gasteiger partial charge >= 0.3 is 0 Å². The molecule has 2 atom stereocenters. The summed E-state index contributed by atoms with van der Waals surface area (Å²) in [7, 11) is -2.82. The van der Waals surface area contributed by atoms with Crippen LogP contribution in [-0.4, -0.2) is 19.9 Å². The van der Waals surface area contributed by atoms with Crippen molar-refractivity contribution in [2.24, 2.45) is 11.8 Å². The van der Waals surface area contributed by atoms with Gasteiger partial charge in [0.05, 0.1) is 5.25 Å². The summed E-state index contributed by atoms with van der Waals surface area (Å²) < 4.78 is 22.8. The van der Waals surface area contributed by atoms with Gasteiger partial charge in [0.25, 0.3) is 0 Å². The first-order chi connectivity index (χ1) is 5.43. The van der Waals surface area contributed by atoms with E-state index in [4.69, 9.17) is 0 Å². The third kappa shape index (κ3) is 2.00. The Morgan fingerprint density at radius 2 is 1.50 bits per heavy atom. The van der Waals surface area contributed by atoms with Crippen LogP contribution >= 0.6 is 0 Å². The monoisotopic (exact) mass is 190 g/mol. The van der Waals surface area contributed by atoms with Gasteiger partial charge < -0.3 is 0 Å². The fourth-order valence-electron chi connectivity index (χ4n) is 2.50. The van der Waals surface area contributed by atoms with Crippen LogP contribution in [0.25, 0.3) is 0 Å². The minimum absolute atomic E-state index is 0.0914. The Balaban J connectivity index is 2.84. The Morgan fingerprint density at radius 3 is 1.75 bits per heavy atom. The maximum Gasteiger partial charge on any atom is 0.150 e. The molecule has 0 aromatic heterocycles. The van der Waals surface area contributed by atoms with E-state index >= 15 is 0 Å². The molecule has 0 radical (unpaired) electrons. The van der Waals surface area contributed by atoms with Gasteiger partial charge in [0.15, 0.2) is 9.84 Å². The largest absolute Gasteiger partial charge is 0.229 e. The summed E-state index contributed by atoms with van der Waals surface area (Å²) in [6.07, 6.45) is 4.70. The van der Waals surface area contributed by atoms with E-state index in [1.165, 1.54) is 12.7 Å². The SMILES string of the molecule is CC1CCCC(C)C1S(C)(=O)=O. The topological polar surface area (TPSA) is 34.1 Å². The molecule has 0 N–H and O–H groups in total. The molecule has 1 aliphatic rings. The summed E-state index contributed by atoms with van der Waals surface area (Å²) in [4.78, 5) is 0. The van der Waals surface area contributed by atoms with Gasteiger partial charge in [-0.1, -0.05) is 20.3 Å². The summed E-state index contributed by atoms with van der Waals surface area (Å²) in [5.41, 5.74) is 0. The third-order valence-electron chi connectivity index (χ3n) is 2.94. The molecular formula is C9H18O2S. The van der Waals surface area contributed by atoms with Gasteiger partial charge in [-0.3, -0.25) is 0 Å². The molecule has 0 bridgehead atoms. The minimum Gasteiger partial charge on any atom is -0.229 e. The van der Waals surface area contributed by atoms with Crippen molar-refractivity contribution in [2.45, 2.75) is 38.4 Å². The number of rotatable bonds is 1. The van der Waals surface area contributed by atoms with Crippen LogP contribution in [0.1, 0.15) is 33.1 Å². The highest BCUT2D eigenvalue weighted by Gasteiger charge is 2.34. The van der Waals surface area contributed by atoms with Crippen molar-refractivity contribution in [3.8, 4) is 0 Å². The molecule has 2 unspecified atom stereocenters. The molecule has 1 saturated carbocycles. The second-order valence-corrected chi connectivity index (χ2v) is 6.38. The predicted molar refractivity (Wildman–Crippen MR) is 50.8 cm³/mol. The van der Waals surface area contributed by atoms with Gasteiger partial charge in [0, 0.05) is 6.26 Å². The number of sulfone groups is 1. The highest BCUT2D eigenvalue weighted by atomic mass is 32.2. The second-order valence-electron chi connectivity index (χ2n) is 4.18. The standard InChI is InChI=1S/C9H18O2S/c1-7-5-4-6-8(2)9(7)12(3,10)11/h7-9H,4-6H2,1-3H3. The van der Waals surface area contributed by atoms with Crippen LogP contribution in [0.5, 0.6) is 0 Å². The first-order valence-corrected chi connectivity index (χ1v) is 6.57. The van der Waals surface area contributed by atoms with Crippen molar-refractivity contribution < 1.29 is 8.42 Å². The van der Waals surface area contributed by atoms with Crippen LogP contribution < -0.4 is 0 Å². The van der Waals surface area contributed by atoms with Crippen LogP contribution in [0, 0.1) is 11.8 Å². The lowest BCUT2D eigenvalue weighted by Crippen LogP contribution is -2.36. The van der Waals surface area contributed by atoms with Crippen molar-refractivity contribution in [1.29, 1.82) is 0 Å². The average Bonchev–Trinajstić information content (AvgIpc) is 1.82. The Labute approximate surface area is 75.3 Å². The van der Waals surface area contributed by atoms with Gasteiger partial charge in [0.2, 0.25) is 0 Å². The van der Waals surface area contributed by atoms with E-state index in [1.807, 2.05) is 0 Å². The summed E-state index contributed by atoms with van der Waals surface area (Å²) in [5.74, 6) is 0.701. The molecule has 0 saturated heterocycles. The Bertz CT molecular complexity index is 233. The molecule has 3 heteroatoms. The molecule has 0 aromatic rings. The Morgan fingerprint density at radius 1 is 1.08 bits per heavy atom. The second kappa shape index (κ2) is 3.36. The summed E-state index contributed by atoms with van der Waals surface area (Å²) in [6, 6.07) is 0. The summed E-state index contributed by atoms with van der Waals surface area (Å²) in [5, 5.41) is -0.0914. The molecule has 1 aliphatic carbocycles. The van der Waals surface area contributed by atoms with Crippen LogP contribution in [0.15, 0.2) is 0 Å². The van der Waals surface area contributed by atoms with Gasteiger partial charge in [-0.05, 0) is 24.7 Å². The van der Waals surface area contributed by atoms with E-state index in [1.54, 1.807) is 0 Å². The third-order valence-corrected chi connectivity index (χ3v) is 4.85. The van der Waals surface area contributed by atoms with Crippen molar-refractivity contribution >= 4 is 9.84 Å². The molecule has 0 heterocycles.